The standard InChI is InChI=1S/C22H13F2N3S/c23-19-8-7-18(10-20(19)24)26-12-17(11-25)22-27-21(13-28-22)16-6-5-14-3-1-2-4-15(14)9-16/h1-10,12-13,26H/b17-12+. The number of anilines is 1. The molecule has 3 nitrogen and oxygen atoms in total. The van der Waals surface area contributed by atoms with Gasteiger partial charge >= 0.3 is 0 Å². The van der Waals surface area contributed by atoms with E-state index in [2.05, 4.69) is 22.4 Å². The zero-order chi connectivity index (χ0) is 19.5. The number of aromatic nitrogens is 1. The summed E-state index contributed by atoms with van der Waals surface area (Å²) in [5, 5.41) is 17.0. The van der Waals surface area contributed by atoms with Gasteiger partial charge in [0.2, 0.25) is 0 Å². The van der Waals surface area contributed by atoms with Crippen LogP contribution < -0.4 is 5.32 Å². The Balaban J connectivity index is 1.60. The zero-order valence-electron chi connectivity index (χ0n) is 14.5. The van der Waals surface area contributed by atoms with Crippen molar-refractivity contribution in [3.05, 3.63) is 88.9 Å². The Bertz CT molecular complexity index is 1240. The molecule has 1 aromatic heterocycles. The first kappa shape index (κ1) is 17.8. The molecule has 0 atom stereocenters. The number of nitrogens with zero attached hydrogens (tertiary/aromatic N) is 2. The van der Waals surface area contributed by atoms with Gasteiger partial charge in [-0.2, -0.15) is 5.26 Å². The van der Waals surface area contributed by atoms with Gasteiger partial charge < -0.3 is 5.32 Å². The number of nitriles is 1. The number of halogens is 2. The Morgan fingerprint density at radius 2 is 1.82 bits per heavy atom. The maximum atomic E-state index is 13.3. The third kappa shape index (κ3) is 3.61. The Morgan fingerprint density at radius 3 is 2.61 bits per heavy atom. The molecule has 28 heavy (non-hydrogen) atoms. The minimum Gasteiger partial charge on any atom is -0.360 e. The highest BCUT2D eigenvalue weighted by Crippen LogP contribution is 2.28. The summed E-state index contributed by atoms with van der Waals surface area (Å²) < 4.78 is 26.3. The normalized spacial score (nSPS) is 11.4. The van der Waals surface area contributed by atoms with Crippen LogP contribution in [0.5, 0.6) is 0 Å². The van der Waals surface area contributed by atoms with Crippen LogP contribution in [0.4, 0.5) is 14.5 Å². The first-order valence-electron chi connectivity index (χ1n) is 8.41. The van der Waals surface area contributed by atoms with Crippen molar-refractivity contribution in [2.45, 2.75) is 0 Å². The average Bonchev–Trinajstić information content (AvgIpc) is 3.21. The van der Waals surface area contributed by atoms with Gasteiger partial charge in [0.15, 0.2) is 11.6 Å². The van der Waals surface area contributed by atoms with Crippen LogP contribution in [0.3, 0.4) is 0 Å². The van der Waals surface area contributed by atoms with Crippen LogP contribution in [0.15, 0.2) is 72.2 Å². The molecule has 0 saturated heterocycles. The fourth-order valence-electron chi connectivity index (χ4n) is 2.76. The molecule has 4 aromatic rings. The van der Waals surface area contributed by atoms with E-state index in [4.69, 9.17) is 0 Å². The fourth-order valence-corrected chi connectivity index (χ4v) is 3.56. The van der Waals surface area contributed by atoms with Crippen molar-refractivity contribution < 1.29 is 8.78 Å². The van der Waals surface area contributed by atoms with Crippen LogP contribution in [0, 0.1) is 23.0 Å². The predicted molar refractivity (Wildman–Crippen MR) is 109 cm³/mol. The number of rotatable bonds is 4. The number of nitrogens with one attached hydrogen (secondary N) is 1. The number of thiazole rings is 1. The van der Waals surface area contributed by atoms with Crippen LogP contribution in [0.25, 0.3) is 27.6 Å². The highest BCUT2D eigenvalue weighted by molar-refractivity contribution is 7.11. The minimum absolute atomic E-state index is 0.307. The quantitative estimate of drug-likeness (QED) is 0.422. The Hall–Kier alpha value is -3.56. The van der Waals surface area contributed by atoms with Gasteiger partial charge in [-0.15, -0.1) is 11.3 Å². The van der Waals surface area contributed by atoms with E-state index in [1.165, 1.54) is 23.6 Å². The molecule has 3 aromatic carbocycles. The van der Waals surface area contributed by atoms with E-state index in [1.807, 2.05) is 41.8 Å². The first-order valence-corrected chi connectivity index (χ1v) is 9.29. The lowest BCUT2D eigenvalue weighted by Gasteiger charge is -2.02. The second kappa shape index (κ2) is 7.59. The number of fused-ring (bicyclic) bond motifs is 1. The fraction of sp³-hybridized carbons (Fsp3) is 0. The van der Waals surface area contributed by atoms with Gasteiger partial charge in [0.25, 0.3) is 0 Å². The summed E-state index contributed by atoms with van der Waals surface area (Å²) >= 11 is 1.35. The Labute approximate surface area is 164 Å². The van der Waals surface area contributed by atoms with Crippen LogP contribution >= 0.6 is 11.3 Å². The molecule has 1 heterocycles. The average molecular weight is 389 g/mol. The smallest absolute Gasteiger partial charge is 0.160 e. The predicted octanol–water partition coefficient (Wildman–Crippen LogP) is 6.22. The third-order valence-electron chi connectivity index (χ3n) is 4.20. The lowest BCUT2D eigenvalue weighted by atomic mass is 10.1. The Morgan fingerprint density at radius 1 is 1.00 bits per heavy atom. The van der Waals surface area contributed by atoms with Crippen molar-refractivity contribution in [2.75, 3.05) is 5.32 Å². The second-order valence-electron chi connectivity index (χ2n) is 6.04. The molecular formula is C22H13F2N3S. The molecule has 6 heteroatoms. The van der Waals surface area contributed by atoms with Crippen molar-refractivity contribution in [2.24, 2.45) is 0 Å². The van der Waals surface area contributed by atoms with E-state index in [9.17, 15) is 14.0 Å². The molecule has 136 valence electrons. The van der Waals surface area contributed by atoms with Crippen molar-refractivity contribution in [1.29, 1.82) is 5.26 Å². The maximum absolute atomic E-state index is 13.3. The summed E-state index contributed by atoms with van der Waals surface area (Å²) in [6.07, 6.45) is 1.44. The Kier molecular flexibility index (Phi) is 4.83. The van der Waals surface area contributed by atoms with E-state index in [0.717, 1.165) is 34.2 Å². The summed E-state index contributed by atoms with van der Waals surface area (Å²) in [6.45, 7) is 0. The van der Waals surface area contributed by atoms with Crippen molar-refractivity contribution in [1.82, 2.24) is 4.98 Å². The van der Waals surface area contributed by atoms with Crippen molar-refractivity contribution in [3.8, 4) is 17.3 Å². The van der Waals surface area contributed by atoms with Crippen LogP contribution in [0.1, 0.15) is 5.01 Å². The zero-order valence-corrected chi connectivity index (χ0v) is 15.3. The van der Waals surface area contributed by atoms with E-state index >= 15 is 0 Å². The number of benzene rings is 3. The van der Waals surface area contributed by atoms with Gasteiger partial charge in [0.05, 0.1) is 5.69 Å². The number of hydrogen-bond acceptors (Lipinski definition) is 4. The summed E-state index contributed by atoms with van der Waals surface area (Å²) in [7, 11) is 0. The molecule has 0 radical (unpaired) electrons. The van der Waals surface area contributed by atoms with Crippen molar-refractivity contribution in [3.63, 3.8) is 0 Å². The maximum Gasteiger partial charge on any atom is 0.160 e. The molecule has 0 fully saturated rings. The van der Waals surface area contributed by atoms with Crippen LogP contribution in [-0.2, 0) is 0 Å². The monoisotopic (exact) mass is 389 g/mol. The molecule has 0 spiro atoms. The van der Waals surface area contributed by atoms with Crippen LogP contribution in [-0.4, -0.2) is 4.98 Å². The highest BCUT2D eigenvalue weighted by atomic mass is 32.1. The van der Waals surface area contributed by atoms with Gasteiger partial charge in [-0.25, -0.2) is 13.8 Å². The van der Waals surface area contributed by atoms with Crippen LogP contribution in [0.2, 0.25) is 0 Å². The van der Waals surface area contributed by atoms with E-state index < -0.39 is 11.6 Å². The molecule has 4 rings (SSSR count). The first-order chi connectivity index (χ1) is 13.6. The van der Waals surface area contributed by atoms with Gasteiger partial charge in [-0.05, 0) is 29.0 Å². The molecule has 0 saturated carbocycles. The summed E-state index contributed by atoms with van der Waals surface area (Å²) in [6, 6.07) is 19.7. The summed E-state index contributed by atoms with van der Waals surface area (Å²) in [5.74, 6) is -1.88. The van der Waals surface area contributed by atoms with E-state index in [-0.39, 0.29) is 0 Å². The van der Waals surface area contributed by atoms with Gasteiger partial charge in [-0.3, -0.25) is 0 Å². The summed E-state index contributed by atoms with van der Waals surface area (Å²) in [4.78, 5) is 4.56. The van der Waals surface area contributed by atoms with Gasteiger partial charge in [-0.1, -0.05) is 36.4 Å². The van der Waals surface area contributed by atoms with Crippen molar-refractivity contribution >= 4 is 33.4 Å². The SMILES string of the molecule is N#C/C(=C\Nc1ccc(F)c(F)c1)c1nc(-c2ccc3ccccc3c2)cs1. The molecular weight excluding hydrogens is 376 g/mol. The molecule has 1 N–H and O–H groups in total. The molecule has 0 aliphatic carbocycles. The van der Waals surface area contributed by atoms with E-state index in [0.29, 0.717) is 16.3 Å². The van der Waals surface area contributed by atoms with Gasteiger partial charge in [0.1, 0.15) is 16.6 Å². The highest BCUT2D eigenvalue weighted by Gasteiger charge is 2.10. The van der Waals surface area contributed by atoms with Gasteiger partial charge in [0, 0.05) is 28.9 Å². The topological polar surface area (TPSA) is 48.7 Å². The van der Waals surface area contributed by atoms with E-state index in [1.54, 1.807) is 0 Å². The number of allylic oxidation sites excluding steroid dienone is 1. The molecule has 0 amide bonds. The largest absolute Gasteiger partial charge is 0.360 e. The second-order valence-corrected chi connectivity index (χ2v) is 6.90. The number of hydrogen-bond donors (Lipinski definition) is 1. The lowest BCUT2D eigenvalue weighted by molar-refractivity contribution is 0.509. The molecule has 0 aliphatic heterocycles. The summed E-state index contributed by atoms with van der Waals surface area (Å²) in [5.41, 5.74) is 2.39. The molecule has 0 bridgehead atoms. The third-order valence-corrected chi connectivity index (χ3v) is 5.08. The molecule has 0 aliphatic rings. The minimum atomic E-state index is -0.954. The lowest BCUT2D eigenvalue weighted by Crippen LogP contribution is -1.93. The molecule has 0 unspecified atom stereocenters.